The van der Waals surface area contributed by atoms with Crippen LogP contribution in [0.3, 0.4) is 0 Å². The van der Waals surface area contributed by atoms with Crippen molar-refractivity contribution in [3.63, 3.8) is 0 Å². The van der Waals surface area contributed by atoms with Crippen molar-refractivity contribution in [2.75, 3.05) is 26.2 Å². The monoisotopic (exact) mass is 369 g/mol. The molecule has 0 unspecified atom stereocenters. The first-order chi connectivity index (χ1) is 13.1. The maximum Gasteiger partial charge on any atom is 0.270 e. The van der Waals surface area contributed by atoms with E-state index >= 15 is 0 Å². The Morgan fingerprint density at radius 2 is 2.22 bits per heavy atom. The van der Waals surface area contributed by atoms with Gasteiger partial charge >= 0.3 is 0 Å². The van der Waals surface area contributed by atoms with Crippen LogP contribution in [0.5, 0.6) is 0 Å². The van der Waals surface area contributed by atoms with Gasteiger partial charge < -0.3 is 19.4 Å². The molecule has 2 aliphatic heterocycles. The molecule has 1 atom stereocenters. The molecule has 2 fully saturated rings. The van der Waals surface area contributed by atoms with Crippen molar-refractivity contribution in [3.8, 4) is 0 Å². The zero-order valence-corrected chi connectivity index (χ0v) is 15.9. The molecule has 1 spiro atoms. The molecule has 1 N–H and O–H groups in total. The summed E-state index contributed by atoms with van der Waals surface area (Å²) in [5.41, 5.74) is 1.81. The second-order valence-electron chi connectivity index (χ2n) is 7.98. The molecule has 0 aromatic carbocycles. The molecular weight excluding hydrogens is 342 g/mol. The SMILES string of the molecule is Cn1cccc1C(=O)N1CCC[C@]2(CCC(=O)N(CCc3cnc[nH]3)C2)C1. The molecule has 0 aliphatic carbocycles. The van der Waals surface area contributed by atoms with E-state index in [1.165, 1.54) is 0 Å². The number of aromatic amines is 1. The van der Waals surface area contributed by atoms with Gasteiger partial charge in [-0.2, -0.15) is 0 Å². The Morgan fingerprint density at radius 1 is 1.33 bits per heavy atom. The van der Waals surface area contributed by atoms with E-state index in [9.17, 15) is 9.59 Å². The minimum Gasteiger partial charge on any atom is -0.348 e. The van der Waals surface area contributed by atoms with E-state index in [2.05, 4.69) is 9.97 Å². The zero-order chi connectivity index (χ0) is 18.9. The lowest BCUT2D eigenvalue weighted by atomic mass is 9.73. The van der Waals surface area contributed by atoms with E-state index < -0.39 is 0 Å². The summed E-state index contributed by atoms with van der Waals surface area (Å²) in [5, 5.41) is 0. The van der Waals surface area contributed by atoms with Crippen LogP contribution in [-0.4, -0.2) is 62.3 Å². The van der Waals surface area contributed by atoms with Crippen LogP contribution in [0, 0.1) is 5.41 Å². The maximum atomic E-state index is 12.9. The smallest absolute Gasteiger partial charge is 0.270 e. The van der Waals surface area contributed by atoms with E-state index in [1.807, 2.05) is 45.9 Å². The average molecular weight is 369 g/mol. The third kappa shape index (κ3) is 3.63. The Labute approximate surface area is 159 Å². The van der Waals surface area contributed by atoms with Gasteiger partial charge in [-0.05, 0) is 31.4 Å². The Kier molecular flexibility index (Phi) is 4.76. The summed E-state index contributed by atoms with van der Waals surface area (Å²) in [6.07, 6.45) is 9.71. The molecule has 0 bridgehead atoms. The number of nitrogens with one attached hydrogen (secondary N) is 1. The van der Waals surface area contributed by atoms with Crippen LogP contribution >= 0.6 is 0 Å². The highest BCUT2D eigenvalue weighted by atomic mass is 16.2. The average Bonchev–Trinajstić information content (AvgIpc) is 3.34. The second kappa shape index (κ2) is 7.21. The maximum absolute atomic E-state index is 12.9. The number of nitrogens with zero attached hydrogens (tertiary/aromatic N) is 4. The highest BCUT2D eigenvalue weighted by molar-refractivity contribution is 5.92. The van der Waals surface area contributed by atoms with Crippen molar-refractivity contribution < 1.29 is 9.59 Å². The number of imidazole rings is 1. The van der Waals surface area contributed by atoms with Crippen molar-refractivity contribution in [3.05, 3.63) is 42.2 Å². The van der Waals surface area contributed by atoms with Gasteiger partial charge in [0.2, 0.25) is 5.91 Å². The molecule has 0 radical (unpaired) electrons. The molecule has 2 aromatic heterocycles. The molecule has 2 saturated heterocycles. The van der Waals surface area contributed by atoms with E-state index in [-0.39, 0.29) is 17.2 Å². The number of aromatic nitrogens is 3. The summed E-state index contributed by atoms with van der Waals surface area (Å²) in [4.78, 5) is 36.5. The predicted molar refractivity (Wildman–Crippen MR) is 101 cm³/mol. The fraction of sp³-hybridized carbons (Fsp3) is 0.550. The number of piperidine rings is 2. The van der Waals surface area contributed by atoms with Crippen LogP contribution in [0.4, 0.5) is 0 Å². The molecule has 0 saturated carbocycles. The van der Waals surface area contributed by atoms with Crippen molar-refractivity contribution >= 4 is 11.8 Å². The molecule has 4 rings (SSSR count). The standard InChI is InChI=1S/C20H27N5O2/c1-23-9-2-4-17(23)19(27)25-10-3-7-20(14-25)8-5-18(26)24(13-20)11-6-16-12-21-15-22-16/h2,4,9,12,15H,3,5-8,10-11,13-14H2,1H3,(H,21,22)/t20-/m1/s1. The molecule has 2 amide bonds. The van der Waals surface area contributed by atoms with Crippen LogP contribution in [-0.2, 0) is 18.3 Å². The summed E-state index contributed by atoms with van der Waals surface area (Å²) in [7, 11) is 1.91. The summed E-state index contributed by atoms with van der Waals surface area (Å²) in [5.74, 6) is 0.327. The minimum absolute atomic E-state index is 0.0287. The Hall–Kier alpha value is -2.57. The van der Waals surface area contributed by atoms with Crippen molar-refractivity contribution in [1.82, 2.24) is 24.3 Å². The molecule has 7 heteroatoms. The summed E-state index contributed by atoms with van der Waals surface area (Å²) < 4.78 is 1.88. The number of rotatable bonds is 4. The molecule has 7 nitrogen and oxygen atoms in total. The lowest BCUT2D eigenvalue weighted by Crippen LogP contribution is -2.55. The Bertz CT molecular complexity index is 812. The lowest BCUT2D eigenvalue weighted by Gasteiger charge is -2.48. The van der Waals surface area contributed by atoms with Gasteiger partial charge in [0, 0.05) is 69.6 Å². The van der Waals surface area contributed by atoms with E-state index in [1.54, 1.807) is 6.33 Å². The van der Waals surface area contributed by atoms with Crippen molar-refractivity contribution in [2.24, 2.45) is 12.5 Å². The van der Waals surface area contributed by atoms with Gasteiger partial charge in [0.05, 0.1) is 6.33 Å². The van der Waals surface area contributed by atoms with Crippen LogP contribution in [0.1, 0.15) is 41.9 Å². The molecule has 4 heterocycles. The van der Waals surface area contributed by atoms with Crippen LogP contribution in [0.25, 0.3) is 0 Å². The quantitative estimate of drug-likeness (QED) is 0.894. The Balaban J connectivity index is 1.44. The van der Waals surface area contributed by atoms with Gasteiger partial charge in [-0.25, -0.2) is 4.98 Å². The number of hydrogen-bond donors (Lipinski definition) is 1. The predicted octanol–water partition coefficient (Wildman–Crippen LogP) is 1.84. The first-order valence-corrected chi connectivity index (χ1v) is 9.72. The molecule has 2 aliphatic rings. The fourth-order valence-corrected chi connectivity index (χ4v) is 4.54. The van der Waals surface area contributed by atoms with Crippen LogP contribution in [0.15, 0.2) is 30.9 Å². The second-order valence-corrected chi connectivity index (χ2v) is 7.98. The van der Waals surface area contributed by atoms with Gasteiger partial charge in [0.25, 0.3) is 5.91 Å². The third-order valence-corrected chi connectivity index (χ3v) is 6.07. The molecule has 144 valence electrons. The topological polar surface area (TPSA) is 74.2 Å². The lowest BCUT2D eigenvalue weighted by molar-refractivity contribution is -0.138. The Morgan fingerprint density at radius 3 is 2.96 bits per heavy atom. The summed E-state index contributed by atoms with van der Waals surface area (Å²) >= 11 is 0. The first-order valence-electron chi connectivity index (χ1n) is 9.72. The van der Waals surface area contributed by atoms with Gasteiger partial charge in [-0.3, -0.25) is 9.59 Å². The van der Waals surface area contributed by atoms with E-state index in [4.69, 9.17) is 0 Å². The summed E-state index contributed by atoms with van der Waals surface area (Å²) in [6, 6.07) is 3.79. The third-order valence-electron chi connectivity index (χ3n) is 6.07. The van der Waals surface area contributed by atoms with Crippen molar-refractivity contribution in [1.29, 1.82) is 0 Å². The molecular formula is C20H27N5O2. The fourth-order valence-electron chi connectivity index (χ4n) is 4.54. The largest absolute Gasteiger partial charge is 0.348 e. The van der Waals surface area contributed by atoms with Gasteiger partial charge in [0.1, 0.15) is 5.69 Å². The van der Waals surface area contributed by atoms with Gasteiger partial charge in [0.15, 0.2) is 0 Å². The van der Waals surface area contributed by atoms with E-state index in [0.29, 0.717) is 13.0 Å². The van der Waals surface area contributed by atoms with Crippen LogP contribution in [0.2, 0.25) is 0 Å². The number of carbonyl (C=O) groups is 2. The summed E-state index contributed by atoms with van der Waals surface area (Å²) in [6.45, 7) is 2.99. The highest BCUT2D eigenvalue weighted by Gasteiger charge is 2.42. The number of H-pyrrole nitrogens is 1. The number of amides is 2. The van der Waals surface area contributed by atoms with Crippen LogP contribution < -0.4 is 0 Å². The van der Waals surface area contributed by atoms with Crippen molar-refractivity contribution in [2.45, 2.75) is 32.1 Å². The normalized spacial score (nSPS) is 23.2. The van der Waals surface area contributed by atoms with E-state index in [0.717, 1.165) is 56.7 Å². The minimum atomic E-state index is 0.0287. The van der Waals surface area contributed by atoms with Gasteiger partial charge in [-0.15, -0.1) is 0 Å². The number of hydrogen-bond acceptors (Lipinski definition) is 3. The number of likely N-dealkylation sites (tertiary alicyclic amines) is 2. The zero-order valence-electron chi connectivity index (χ0n) is 15.9. The molecule has 27 heavy (non-hydrogen) atoms. The highest BCUT2D eigenvalue weighted by Crippen LogP contribution is 2.39. The molecule has 2 aromatic rings. The number of aryl methyl sites for hydroxylation is 1. The van der Waals surface area contributed by atoms with Gasteiger partial charge in [-0.1, -0.05) is 0 Å². The first kappa shape index (κ1) is 17.8. The number of carbonyl (C=O) groups excluding carboxylic acids is 2.